The molecule has 36 heavy (non-hydrogen) atoms. The van der Waals surface area contributed by atoms with E-state index in [1.165, 1.54) is 25.0 Å². The van der Waals surface area contributed by atoms with Crippen LogP contribution in [0.2, 0.25) is 0 Å². The number of alkyl halides is 3. The molecule has 0 aliphatic carbocycles. The zero-order chi connectivity index (χ0) is 25.1. The minimum absolute atomic E-state index is 0.242. The van der Waals surface area contributed by atoms with E-state index in [4.69, 9.17) is 0 Å². The molecular formula is C28H28F3N3OS. The summed E-state index contributed by atoms with van der Waals surface area (Å²) >= 11 is 1.60. The van der Waals surface area contributed by atoms with Gasteiger partial charge in [0.1, 0.15) is 0 Å². The lowest BCUT2D eigenvalue weighted by Crippen LogP contribution is -2.33. The van der Waals surface area contributed by atoms with Crippen molar-refractivity contribution in [2.45, 2.75) is 32.0 Å². The highest BCUT2D eigenvalue weighted by Gasteiger charge is 2.30. The molecule has 1 amide bonds. The van der Waals surface area contributed by atoms with Crippen molar-refractivity contribution in [2.75, 3.05) is 26.2 Å². The van der Waals surface area contributed by atoms with Crippen molar-refractivity contribution < 1.29 is 18.0 Å². The van der Waals surface area contributed by atoms with Gasteiger partial charge in [-0.15, -0.1) is 11.3 Å². The van der Waals surface area contributed by atoms with Crippen molar-refractivity contribution in [1.29, 1.82) is 0 Å². The first-order chi connectivity index (χ1) is 17.4. The van der Waals surface area contributed by atoms with Gasteiger partial charge in [-0.05, 0) is 109 Å². The second kappa shape index (κ2) is 10.5. The van der Waals surface area contributed by atoms with Crippen LogP contribution >= 0.6 is 11.3 Å². The number of rotatable bonds is 8. The Morgan fingerprint density at radius 2 is 1.78 bits per heavy atom. The van der Waals surface area contributed by atoms with Gasteiger partial charge in [0.2, 0.25) is 0 Å². The zero-order valence-corrected chi connectivity index (χ0v) is 20.7. The fourth-order valence-corrected chi connectivity index (χ4v) is 5.67. The average molecular weight is 512 g/mol. The molecule has 1 aliphatic heterocycles. The number of nitrogens with zero attached hydrogens (tertiary/aromatic N) is 2. The summed E-state index contributed by atoms with van der Waals surface area (Å²) in [6.07, 6.45) is 0.740. The first kappa shape index (κ1) is 24.6. The van der Waals surface area contributed by atoms with Crippen LogP contribution in [0, 0.1) is 0 Å². The number of H-pyrrole nitrogens is 1. The van der Waals surface area contributed by atoms with Crippen LogP contribution in [0.1, 0.15) is 40.1 Å². The van der Waals surface area contributed by atoms with E-state index in [0.29, 0.717) is 13.1 Å². The molecule has 2 aromatic heterocycles. The standard InChI is InChI=1S/C28H28F3N3OS/c29-28(30,31)24-7-4-20(5-8-24)27(35)34(15-3-14-33-12-1-2-13-33)18-25-17-23(19-36-25)21-6-9-26-22(16-21)10-11-32-26/h4-11,16-17,19,32H,1-3,12-15,18H2. The Labute approximate surface area is 212 Å². The lowest BCUT2D eigenvalue weighted by atomic mass is 10.1. The molecule has 188 valence electrons. The topological polar surface area (TPSA) is 39.3 Å². The van der Waals surface area contributed by atoms with Gasteiger partial charge in [0.15, 0.2) is 0 Å². The number of amides is 1. The predicted molar refractivity (Wildman–Crippen MR) is 138 cm³/mol. The number of fused-ring (bicyclic) bond motifs is 1. The van der Waals surface area contributed by atoms with Crippen LogP contribution < -0.4 is 0 Å². The predicted octanol–water partition coefficient (Wildman–Crippen LogP) is 7.04. The first-order valence-corrected chi connectivity index (χ1v) is 13.1. The molecule has 0 unspecified atom stereocenters. The molecule has 3 heterocycles. The maximum Gasteiger partial charge on any atom is 0.416 e. The highest BCUT2D eigenvalue weighted by molar-refractivity contribution is 7.10. The van der Waals surface area contributed by atoms with Crippen LogP contribution in [0.5, 0.6) is 0 Å². The van der Waals surface area contributed by atoms with Gasteiger partial charge in [0.05, 0.1) is 12.1 Å². The summed E-state index contributed by atoms with van der Waals surface area (Å²) in [5.41, 5.74) is 2.82. The Morgan fingerprint density at radius 3 is 2.53 bits per heavy atom. The molecule has 0 spiro atoms. The maximum atomic E-state index is 13.4. The molecule has 5 rings (SSSR count). The van der Waals surface area contributed by atoms with Gasteiger partial charge in [0, 0.05) is 28.7 Å². The van der Waals surface area contributed by atoms with Crippen molar-refractivity contribution in [3.63, 3.8) is 0 Å². The highest BCUT2D eigenvalue weighted by Crippen LogP contribution is 2.31. The number of halogens is 3. The number of carbonyl (C=O) groups is 1. The summed E-state index contributed by atoms with van der Waals surface area (Å²) in [5.74, 6) is -0.242. The normalized spacial score (nSPS) is 14.5. The number of hydrogen-bond donors (Lipinski definition) is 1. The van der Waals surface area contributed by atoms with Crippen LogP contribution in [0.4, 0.5) is 13.2 Å². The van der Waals surface area contributed by atoms with Crippen molar-refractivity contribution in [3.05, 3.63) is 82.2 Å². The summed E-state index contributed by atoms with van der Waals surface area (Å²) < 4.78 is 39.0. The molecule has 1 aliphatic rings. The Kier molecular flexibility index (Phi) is 7.16. The lowest BCUT2D eigenvalue weighted by molar-refractivity contribution is -0.137. The minimum atomic E-state index is -4.42. The van der Waals surface area contributed by atoms with Crippen molar-refractivity contribution >= 4 is 28.1 Å². The van der Waals surface area contributed by atoms with Gasteiger partial charge in [-0.2, -0.15) is 13.2 Å². The van der Waals surface area contributed by atoms with Gasteiger partial charge in [0.25, 0.3) is 5.91 Å². The monoisotopic (exact) mass is 511 g/mol. The summed E-state index contributed by atoms with van der Waals surface area (Å²) in [6, 6.07) is 14.9. The van der Waals surface area contributed by atoms with Gasteiger partial charge in [-0.25, -0.2) is 0 Å². The summed E-state index contributed by atoms with van der Waals surface area (Å²) in [6.45, 7) is 4.08. The van der Waals surface area contributed by atoms with Crippen LogP contribution in [-0.4, -0.2) is 46.9 Å². The number of benzene rings is 2. The minimum Gasteiger partial charge on any atom is -0.361 e. The van der Waals surface area contributed by atoms with E-state index < -0.39 is 11.7 Å². The van der Waals surface area contributed by atoms with E-state index in [1.54, 1.807) is 16.2 Å². The van der Waals surface area contributed by atoms with Crippen molar-refractivity contribution in [3.8, 4) is 11.1 Å². The molecule has 0 atom stereocenters. The lowest BCUT2D eigenvalue weighted by Gasteiger charge is -2.24. The van der Waals surface area contributed by atoms with Gasteiger partial charge in [-0.1, -0.05) is 6.07 Å². The second-order valence-corrected chi connectivity index (χ2v) is 10.3. The molecular weight excluding hydrogens is 483 g/mol. The summed E-state index contributed by atoms with van der Waals surface area (Å²) in [5, 5.41) is 3.23. The number of carbonyl (C=O) groups excluding carboxylic acids is 1. The highest BCUT2D eigenvalue weighted by atomic mass is 32.1. The third-order valence-electron chi connectivity index (χ3n) is 6.73. The molecule has 0 bridgehead atoms. The molecule has 2 aromatic carbocycles. The molecule has 4 nitrogen and oxygen atoms in total. The Hall–Kier alpha value is -3.10. The maximum absolute atomic E-state index is 13.4. The van der Waals surface area contributed by atoms with E-state index in [0.717, 1.165) is 65.1 Å². The van der Waals surface area contributed by atoms with E-state index in [9.17, 15) is 18.0 Å². The van der Waals surface area contributed by atoms with Crippen LogP contribution in [-0.2, 0) is 12.7 Å². The molecule has 1 saturated heterocycles. The molecule has 1 fully saturated rings. The third-order valence-corrected chi connectivity index (χ3v) is 7.66. The average Bonchev–Trinajstić information content (AvgIpc) is 3.64. The number of aromatic amines is 1. The zero-order valence-electron chi connectivity index (χ0n) is 19.9. The number of likely N-dealkylation sites (tertiary alicyclic amines) is 1. The van der Waals surface area contributed by atoms with Crippen LogP contribution in [0.15, 0.2) is 66.2 Å². The molecule has 0 radical (unpaired) electrons. The van der Waals surface area contributed by atoms with E-state index in [-0.39, 0.29) is 11.5 Å². The Balaban J connectivity index is 1.32. The van der Waals surface area contributed by atoms with Gasteiger partial charge >= 0.3 is 6.18 Å². The van der Waals surface area contributed by atoms with E-state index in [1.807, 2.05) is 12.3 Å². The smallest absolute Gasteiger partial charge is 0.361 e. The quantitative estimate of drug-likeness (QED) is 0.276. The molecule has 0 saturated carbocycles. The van der Waals surface area contributed by atoms with E-state index >= 15 is 0 Å². The van der Waals surface area contributed by atoms with Crippen LogP contribution in [0.3, 0.4) is 0 Å². The molecule has 8 heteroatoms. The Morgan fingerprint density at radius 1 is 1.00 bits per heavy atom. The SMILES string of the molecule is O=C(c1ccc(C(F)(F)F)cc1)N(CCCN1CCCC1)Cc1cc(-c2ccc3[nH]ccc3c2)cs1. The van der Waals surface area contributed by atoms with Gasteiger partial charge in [-0.3, -0.25) is 4.79 Å². The van der Waals surface area contributed by atoms with E-state index in [2.05, 4.69) is 39.5 Å². The van der Waals surface area contributed by atoms with Crippen LogP contribution in [0.25, 0.3) is 22.0 Å². The fraction of sp³-hybridized carbons (Fsp3) is 0.321. The first-order valence-electron chi connectivity index (χ1n) is 12.2. The molecule has 4 aromatic rings. The number of aromatic nitrogens is 1. The molecule has 1 N–H and O–H groups in total. The summed E-state index contributed by atoms with van der Waals surface area (Å²) in [4.78, 5) is 21.8. The van der Waals surface area contributed by atoms with Gasteiger partial charge < -0.3 is 14.8 Å². The third kappa shape index (κ3) is 5.65. The number of thiophene rings is 1. The van der Waals surface area contributed by atoms with Crippen molar-refractivity contribution in [2.24, 2.45) is 0 Å². The second-order valence-electron chi connectivity index (χ2n) is 9.29. The number of nitrogens with one attached hydrogen (secondary N) is 1. The summed E-state index contributed by atoms with van der Waals surface area (Å²) in [7, 11) is 0. The number of hydrogen-bond acceptors (Lipinski definition) is 3. The largest absolute Gasteiger partial charge is 0.416 e. The fourth-order valence-electron chi connectivity index (χ4n) is 4.76. The Bertz CT molecular complexity index is 1320. The van der Waals surface area contributed by atoms with Crippen molar-refractivity contribution in [1.82, 2.24) is 14.8 Å².